The van der Waals surface area contributed by atoms with Gasteiger partial charge in [0, 0.05) is 24.6 Å². The quantitative estimate of drug-likeness (QED) is 0.831. The minimum absolute atomic E-state index is 0.475. The Morgan fingerprint density at radius 2 is 2.05 bits per heavy atom. The van der Waals surface area contributed by atoms with E-state index in [1.165, 1.54) is 12.8 Å². The van der Waals surface area contributed by atoms with E-state index in [1.54, 1.807) is 17.1 Å². The van der Waals surface area contributed by atoms with Crippen LogP contribution >= 0.6 is 0 Å². The third-order valence-corrected chi connectivity index (χ3v) is 3.74. The Morgan fingerprint density at radius 3 is 2.70 bits per heavy atom. The van der Waals surface area contributed by atoms with Crippen molar-refractivity contribution >= 4 is 5.69 Å². The molecular weight excluding hydrogens is 248 g/mol. The van der Waals surface area contributed by atoms with Crippen molar-refractivity contribution in [2.24, 2.45) is 5.92 Å². The first kappa shape index (κ1) is 14.6. The molecule has 0 aromatic carbocycles. The Balaban J connectivity index is 2.16. The lowest BCUT2D eigenvalue weighted by Gasteiger charge is -2.22. The summed E-state index contributed by atoms with van der Waals surface area (Å²) in [5, 5.41) is 7.90. The van der Waals surface area contributed by atoms with Gasteiger partial charge in [0.15, 0.2) is 5.82 Å². The average molecular weight is 272 g/mol. The normalized spacial score (nSPS) is 13.9. The fourth-order valence-corrected chi connectivity index (χ4v) is 2.29. The highest BCUT2D eigenvalue weighted by Gasteiger charge is 2.13. The summed E-state index contributed by atoms with van der Waals surface area (Å²) in [5.74, 6) is 1.59. The summed E-state index contributed by atoms with van der Waals surface area (Å²) in [7, 11) is 0. The maximum absolute atomic E-state index is 4.45. The molecule has 2 heterocycles. The number of hydrogen-bond acceptors (Lipinski definition) is 3. The van der Waals surface area contributed by atoms with Gasteiger partial charge in [0.1, 0.15) is 0 Å². The van der Waals surface area contributed by atoms with E-state index in [0.717, 1.165) is 23.8 Å². The van der Waals surface area contributed by atoms with Gasteiger partial charge in [-0.3, -0.25) is 0 Å². The molecule has 0 amide bonds. The Bertz CT molecular complexity index is 507. The van der Waals surface area contributed by atoms with Crippen LogP contribution in [0.4, 0.5) is 5.69 Å². The summed E-state index contributed by atoms with van der Waals surface area (Å²) in [6, 6.07) is 6.42. The van der Waals surface area contributed by atoms with Crippen molar-refractivity contribution in [1.29, 1.82) is 0 Å². The summed E-state index contributed by atoms with van der Waals surface area (Å²) in [4.78, 5) is 4.45. The Morgan fingerprint density at radius 1 is 1.20 bits per heavy atom. The van der Waals surface area contributed by atoms with E-state index < -0.39 is 0 Å². The highest BCUT2D eigenvalue weighted by Crippen LogP contribution is 2.21. The molecule has 0 bridgehead atoms. The summed E-state index contributed by atoms with van der Waals surface area (Å²) >= 11 is 0. The molecule has 2 rings (SSSR count). The minimum Gasteiger partial charge on any atom is -0.379 e. The molecule has 0 saturated carbocycles. The molecule has 4 heteroatoms. The molecule has 2 aromatic rings. The molecule has 2 aromatic heterocycles. The predicted octanol–water partition coefficient (Wildman–Crippen LogP) is 3.89. The molecule has 0 aliphatic carbocycles. The van der Waals surface area contributed by atoms with Crippen LogP contribution in [-0.2, 0) is 0 Å². The first-order valence-corrected chi connectivity index (χ1v) is 7.46. The van der Waals surface area contributed by atoms with E-state index in [4.69, 9.17) is 0 Å². The van der Waals surface area contributed by atoms with Crippen LogP contribution in [0, 0.1) is 5.92 Å². The van der Waals surface area contributed by atoms with Crippen molar-refractivity contribution in [2.45, 2.75) is 46.1 Å². The number of pyridine rings is 1. The van der Waals surface area contributed by atoms with Crippen LogP contribution in [0.3, 0.4) is 0 Å². The molecule has 1 N–H and O–H groups in total. The molecule has 0 fully saturated rings. The standard InChI is InChI=1S/C16H24N4/c1-4-13(3)12-14(5-2)19-15-8-6-9-17-16(15)20-11-7-10-18-20/h6-11,13-14,19H,4-5,12H2,1-3H3. The average Bonchev–Trinajstić information content (AvgIpc) is 3.01. The summed E-state index contributed by atoms with van der Waals surface area (Å²) < 4.78 is 1.80. The SMILES string of the molecule is CCC(C)CC(CC)Nc1cccnc1-n1cccn1. The maximum atomic E-state index is 4.45. The van der Waals surface area contributed by atoms with Crippen molar-refractivity contribution in [3.05, 3.63) is 36.8 Å². The second kappa shape index (κ2) is 7.08. The molecule has 2 unspecified atom stereocenters. The van der Waals surface area contributed by atoms with Crippen LogP contribution in [0.1, 0.15) is 40.0 Å². The molecule has 4 nitrogen and oxygen atoms in total. The number of hydrogen-bond donors (Lipinski definition) is 1. The molecule has 0 spiro atoms. The first-order valence-electron chi connectivity index (χ1n) is 7.46. The van der Waals surface area contributed by atoms with Gasteiger partial charge >= 0.3 is 0 Å². The van der Waals surface area contributed by atoms with E-state index in [1.807, 2.05) is 18.3 Å². The summed E-state index contributed by atoms with van der Waals surface area (Å²) in [6.07, 6.45) is 9.01. The van der Waals surface area contributed by atoms with Gasteiger partial charge in [-0.1, -0.05) is 27.2 Å². The fraction of sp³-hybridized carbons (Fsp3) is 0.500. The second-order valence-electron chi connectivity index (χ2n) is 5.32. The lowest BCUT2D eigenvalue weighted by atomic mass is 9.97. The summed E-state index contributed by atoms with van der Waals surface area (Å²) in [5.41, 5.74) is 1.05. The molecular formula is C16H24N4. The van der Waals surface area contributed by atoms with E-state index in [0.29, 0.717) is 6.04 Å². The third kappa shape index (κ3) is 3.59. The highest BCUT2D eigenvalue weighted by atomic mass is 15.3. The van der Waals surface area contributed by atoms with E-state index in [9.17, 15) is 0 Å². The number of nitrogens with zero attached hydrogens (tertiary/aromatic N) is 3. The van der Waals surface area contributed by atoms with Gasteiger partial charge < -0.3 is 5.32 Å². The van der Waals surface area contributed by atoms with Crippen LogP contribution in [-0.4, -0.2) is 20.8 Å². The van der Waals surface area contributed by atoms with Gasteiger partial charge in [-0.05, 0) is 37.0 Å². The number of nitrogens with one attached hydrogen (secondary N) is 1. The lowest BCUT2D eigenvalue weighted by molar-refractivity contribution is 0.461. The number of aromatic nitrogens is 3. The van der Waals surface area contributed by atoms with Crippen molar-refractivity contribution in [3.63, 3.8) is 0 Å². The molecule has 0 aliphatic rings. The summed E-state index contributed by atoms with van der Waals surface area (Å²) in [6.45, 7) is 6.78. The molecule has 0 radical (unpaired) electrons. The van der Waals surface area contributed by atoms with Crippen molar-refractivity contribution in [2.75, 3.05) is 5.32 Å². The topological polar surface area (TPSA) is 42.7 Å². The predicted molar refractivity (Wildman–Crippen MR) is 83.1 cm³/mol. The van der Waals surface area contributed by atoms with Gasteiger partial charge in [0.25, 0.3) is 0 Å². The number of rotatable bonds is 7. The van der Waals surface area contributed by atoms with Crippen LogP contribution in [0.2, 0.25) is 0 Å². The second-order valence-corrected chi connectivity index (χ2v) is 5.32. The van der Waals surface area contributed by atoms with E-state index >= 15 is 0 Å². The Kier molecular flexibility index (Phi) is 5.16. The van der Waals surface area contributed by atoms with Crippen LogP contribution in [0.25, 0.3) is 5.82 Å². The molecule has 0 saturated heterocycles. The van der Waals surface area contributed by atoms with Crippen LogP contribution in [0.5, 0.6) is 0 Å². The molecule has 20 heavy (non-hydrogen) atoms. The monoisotopic (exact) mass is 272 g/mol. The van der Waals surface area contributed by atoms with Crippen LogP contribution < -0.4 is 5.32 Å². The number of anilines is 1. The van der Waals surface area contributed by atoms with Crippen LogP contribution in [0.15, 0.2) is 36.8 Å². The molecule has 0 aliphatic heterocycles. The van der Waals surface area contributed by atoms with Gasteiger partial charge in [-0.25, -0.2) is 9.67 Å². The first-order chi connectivity index (χ1) is 9.74. The Labute approximate surface area is 121 Å². The van der Waals surface area contributed by atoms with Crippen molar-refractivity contribution in [1.82, 2.24) is 14.8 Å². The largest absolute Gasteiger partial charge is 0.379 e. The Hall–Kier alpha value is -1.84. The zero-order chi connectivity index (χ0) is 14.4. The van der Waals surface area contributed by atoms with Gasteiger partial charge in [-0.15, -0.1) is 0 Å². The van der Waals surface area contributed by atoms with Gasteiger partial charge in [0.05, 0.1) is 5.69 Å². The van der Waals surface area contributed by atoms with E-state index in [-0.39, 0.29) is 0 Å². The van der Waals surface area contributed by atoms with Gasteiger partial charge in [0.2, 0.25) is 0 Å². The third-order valence-electron chi connectivity index (χ3n) is 3.74. The fourth-order valence-electron chi connectivity index (χ4n) is 2.29. The zero-order valence-electron chi connectivity index (χ0n) is 12.6. The zero-order valence-corrected chi connectivity index (χ0v) is 12.6. The highest BCUT2D eigenvalue weighted by molar-refractivity contribution is 5.56. The molecule has 2 atom stereocenters. The van der Waals surface area contributed by atoms with Crippen molar-refractivity contribution < 1.29 is 0 Å². The van der Waals surface area contributed by atoms with Gasteiger partial charge in [-0.2, -0.15) is 5.10 Å². The lowest BCUT2D eigenvalue weighted by Crippen LogP contribution is -2.22. The maximum Gasteiger partial charge on any atom is 0.176 e. The molecule has 108 valence electrons. The van der Waals surface area contributed by atoms with E-state index in [2.05, 4.69) is 42.2 Å². The van der Waals surface area contributed by atoms with Crippen molar-refractivity contribution in [3.8, 4) is 5.82 Å². The minimum atomic E-state index is 0.475. The smallest absolute Gasteiger partial charge is 0.176 e.